The summed E-state index contributed by atoms with van der Waals surface area (Å²) in [6.07, 6.45) is 31.0. The molecule has 2 nitrogen and oxygen atoms in total. The highest BCUT2D eigenvalue weighted by molar-refractivity contribution is 4.81. The zero-order chi connectivity index (χ0) is 20.5. The first-order valence-corrected chi connectivity index (χ1v) is 12.7. The Bertz CT molecular complexity index is 297. The number of aliphatic hydroxyl groups is 2. The minimum atomic E-state index is 0.356. The summed E-state index contributed by atoms with van der Waals surface area (Å²) in [5.74, 6) is 0.544. The van der Waals surface area contributed by atoms with Crippen LogP contribution < -0.4 is 0 Å². The lowest BCUT2D eigenvalue weighted by Crippen LogP contribution is -2.03. The molecule has 0 saturated carbocycles. The van der Waals surface area contributed by atoms with Gasteiger partial charge in [0.1, 0.15) is 0 Å². The van der Waals surface area contributed by atoms with Crippen molar-refractivity contribution in [3.8, 4) is 0 Å². The Morgan fingerprint density at radius 2 is 0.929 bits per heavy atom. The van der Waals surface area contributed by atoms with E-state index in [1.165, 1.54) is 116 Å². The minimum Gasteiger partial charge on any atom is -0.396 e. The SMILES string of the molecule is CCC(CO)CCCCCCCCCCCCC=CCCCCCCCCO. The maximum Gasteiger partial charge on any atom is 0.0459 e. The van der Waals surface area contributed by atoms with Crippen molar-refractivity contribution in [3.05, 3.63) is 12.2 Å². The van der Waals surface area contributed by atoms with E-state index in [0.717, 1.165) is 12.8 Å². The molecule has 0 rings (SSSR count). The Morgan fingerprint density at radius 3 is 1.32 bits per heavy atom. The van der Waals surface area contributed by atoms with Gasteiger partial charge in [-0.2, -0.15) is 0 Å². The molecule has 0 spiro atoms. The van der Waals surface area contributed by atoms with Crippen molar-refractivity contribution in [2.24, 2.45) is 5.92 Å². The second-order valence-electron chi connectivity index (χ2n) is 8.67. The summed E-state index contributed by atoms with van der Waals surface area (Å²) in [5.41, 5.74) is 0. The summed E-state index contributed by atoms with van der Waals surface area (Å²) >= 11 is 0. The number of hydrogen-bond donors (Lipinski definition) is 2. The molecule has 28 heavy (non-hydrogen) atoms. The number of unbranched alkanes of at least 4 members (excludes halogenated alkanes) is 16. The van der Waals surface area contributed by atoms with Gasteiger partial charge in [0.2, 0.25) is 0 Å². The molecule has 1 unspecified atom stereocenters. The summed E-state index contributed by atoms with van der Waals surface area (Å²) in [5, 5.41) is 17.9. The summed E-state index contributed by atoms with van der Waals surface area (Å²) in [4.78, 5) is 0. The van der Waals surface area contributed by atoms with E-state index in [2.05, 4.69) is 19.1 Å². The van der Waals surface area contributed by atoms with Crippen LogP contribution in [0.15, 0.2) is 12.2 Å². The molecule has 1 atom stereocenters. The molecule has 2 N–H and O–H groups in total. The summed E-state index contributed by atoms with van der Waals surface area (Å²) in [6, 6.07) is 0. The van der Waals surface area contributed by atoms with Crippen LogP contribution in [0.4, 0.5) is 0 Å². The van der Waals surface area contributed by atoms with Crippen LogP contribution >= 0.6 is 0 Å². The lowest BCUT2D eigenvalue weighted by molar-refractivity contribution is 0.211. The van der Waals surface area contributed by atoms with Crippen molar-refractivity contribution >= 4 is 0 Å². The maximum atomic E-state index is 9.18. The Kier molecular flexibility index (Phi) is 24.4. The van der Waals surface area contributed by atoms with E-state index in [9.17, 15) is 5.11 Å². The van der Waals surface area contributed by atoms with Gasteiger partial charge in [-0.1, -0.05) is 109 Å². The molecule has 0 fully saturated rings. The second-order valence-corrected chi connectivity index (χ2v) is 8.67. The molecule has 0 bridgehead atoms. The first-order chi connectivity index (χ1) is 13.8. The van der Waals surface area contributed by atoms with Crippen LogP contribution in [0, 0.1) is 5.92 Å². The highest BCUT2D eigenvalue weighted by atomic mass is 16.3. The fourth-order valence-corrected chi connectivity index (χ4v) is 3.85. The number of aliphatic hydroxyl groups excluding tert-OH is 2. The van der Waals surface area contributed by atoms with Crippen LogP contribution in [0.5, 0.6) is 0 Å². The van der Waals surface area contributed by atoms with E-state index >= 15 is 0 Å². The molecule has 0 aliphatic heterocycles. The fraction of sp³-hybridized carbons (Fsp3) is 0.923. The molecular weight excluding hydrogens is 344 g/mol. The zero-order valence-corrected chi connectivity index (χ0v) is 19.2. The average molecular weight is 397 g/mol. The van der Waals surface area contributed by atoms with Gasteiger partial charge < -0.3 is 10.2 Å². The van der Waals surface area contributed by atoms with Crippen molar-refractivity contribution in [3.63, 3.8) is 0 Å². The summed E-state index contributed by atoms with van der Waals surface area (Å²) < 4.78 is 0. The third-order valence-electron chi connectivity index (χ3n) is 6.01. The molecule has 0 aliphatic rings. The summed E-state index contributed by atoms with van der Waals surface area (Å²) in [7, 11) is 0. The van der Waals surface area contributed by atoms with Crippen LogP contribution in [0.2, 0.25) is 0 Å². The van der Waals surface area contributed by atoms with Gasteiger partial charge in [0, 0.05) is 13.2 Å². The van der Waals surface area contributed by atoms with Crippen LogP contribution in [0.1, 0.15) is 135 Å². The zero-order valence-electron chi connectivity index (χ0n) is 19.2. The van der Waals surface area contributed by atoms with Crippen LogP contribution in [0.25, 0.3) is 0 Å². The molecule has 0 radical (unpaired) electrons. The monoisotopic (exact) mass is 396 g/mol. The smallest absolute Gasteiger partial charge is 0.0459 e. The number of hydrogen-bond acceptors (Lipinski definition) is 2. The van der Waals surface area contributed by atoms with Gasteiger partial charge in [-0.3, -0.25) is 0 Å². The van der Waals surface area contributed by atoms with Gasteiger partial charge in [0.25, 0.3) is 0 Å². The lowest BCUT2D eigenvalue weighted by atomic mass is 9.98. The predicted octanol–water partition coefficient (Wildman–Crippen LogP) is 7.97. The summed E-state index contributed by atoms with van der Waals surface area (Å²) in [6.45, 7) is 2.91. The van der Waals surface area contributed by atoms with Crippen molar-refractivity contribution < 1.29 is 10.2 Å². The molecule has 0 aromatic carbocycles. The first-order valence-electron chi connectivity index (χ1n) is 12.7. The normalized spacial score (nSPS) is 12.8. The van der Waals surface area contributed by atoms with Crippen LogP contribution in [0.3, 0.4) is 0 Å². The van der Waals surface area contributed by atoms with Gasteiger partial charge in [0.15, 0.2) is 0 Å². The number of rotatable bonds is 23. The van der Waals surface area contributed by atoms with Crippen molar-refractivity contribution in [2.75, 3.05) is 13.2 Å². The Labute approximate surface area is 177 Å². The van der Waals surface area contributed by atoms with Crippen molar-refractivity contribution in [2.45, 2.75) is 135 Å². The largest absolute Gasteiger partial charge is 0.396 e. The maximum absolute atomic E-state index is 9.18. The highest BCUT2D eigenvalue weighted by Gasteiger charge is 2.03. The molecule has 0 aromatic heterocycles. The lowest BCUT2D eigenvalue weighted by Gasteiger charge is -2.10. The topological polar surface area (TPSA) is 40.5 Å². The molecule has 0 saturated heterocycles. The van der Waals surface area contributed by atoms with Crippen molar-refractivity contribution in [1.82, 2.24) is 0 Å². The van der Waals surface area contributed by atoms with E-state index in [-0.39, 0.29) is 0 Å². The standard InChI is InChI=1S/C26H52O2/c1-2-26(25-28)23-21-19-17-15-13-11-9-7-5-3-4-6-8-10-12-14-16-18-20-22-24-27/h6,8,26-28H,2-5,7,9-25H2,1H3. The fourth-order valence-electron chi connectivity index (χ4n) is 3.85. The van der Waals surface area contributed by atoms with Gasteiger partial charge >= 0.3 is 0 Å². The Hall–Kier alpha value is -0.340. The molecule has 2 heteroatoms. The Balaban J connectivity index is 3.11. The third-order valence-corrected chi connectivity index (χ3v) is 6.01. The van der Waals surface area contributed by atoms with Gasteiger partial charge in [0.05, 0.1) is 0 Å². The van der Waals surface area contributed by atoms with E-state index in [0.29, 0.717) is 19.1 Å². The molecule has 0 aliphatic carbocycles. The Morgan fingerprint density at radius 1 is 0.536 bits per heavy atom. The molecule has 0 amide bonds. The minimum absolute atomic E-state index is 0.356. The van der Waals surface area contributed by atoms with Gasteiger partial charge in [-0.05, 0) is 44.4 Å². The molecule has 0 aromatic rings. The van der Waals surface area contributed by atoms with Crippen LogP contribution in [-0.2, 0) is 0 Å². The molecular formula is C26H52O2. The average Bonchev–Trinajstić information content (AvgIpc) is 2.72. The van der Waals surface area contributed by atoms with Gasteiger partial charge in [-0.25, -0.2) is 0 Å². The first kappa shape index (κ1) is 27.7. The highest BCUT2D eigenvalue weighted by Crippen LogP contribution is 2.16. The van der Waals surface area contributed by atoms with E-state index in [1.54, 1.807) is 0 Å². The van der Waals surface area contributed by atoms with Crippen LogP contribution in [-0.4, -0.2) is 23.4 Å². The predicted molar refractivity (Wildman–Crippen MR) is 125 cm³/mol. The molecule has 168 valence electrons. The van der Waals surface area contributed by atoms with E-state index in [4.69, 9.17) is 5.11 Å². The van der Waals surface area contributed by atoms with E-state index < -0.39 is 0 Å². The van der Waals surface area contributed by atoms with E-state index in [1.807, 2.05) is 0 Å². The van der Waals surface area contributed by atoms with Gasteiger partial charge in [-0.15, -0.1) is 0 Å². The number of allylic oxidation sites excluding steroid dienone is 2. The van der Waals surface area contributed by atoms with Crippen molar-refractivity contribution in [1.29, 1.82) is 0 Å². The quantitative estimate of drug-likeness (QED) is 0.136. The molecule has 0 heterocycles. The second kappa shape index (κ2) is 24.7. The third kappa shape index (κ3) is 22.0.